The van der Waals surface area contributed by atoms with E-state index in [0.717, 1.165) is 25.7 Å². The van der Waals surface area contributed by atoms with Gasteiger partial charge in [-0.15, -0.1) is 0 Å². The number of rotatable bonds is 2. The summed E-state index contributed by atoms with van der Waals surface area (Å²) in [6.45, 7) is 0. The van der Waals surface area contributed by atoms with Crippen molar-refractivity contribution >= 4 is 9.84 Å². The molecule has 116 valence electrons. The van der Waals surface area contributed by atoms with Gasteiger partial charge in [-0.05, 0) is 37.8 Å². The quantitative estimate of drug-likeness (QED) is 0.747. The number of allylic oxidation sites excluding steroid dienone is 2. The van der Waals surface area contributed by atoms with Gasteiger partial charge in [0.05, 0.1) is 4.90 Å². The Hall–Kier alpha value is -1.09. The third-order valence-electron chi connectivity index (χ3n) is 4.15. The van der Waals surface area contributed by atoms with Crippen LogP contribution in [0.25, 0.3) is 0 Å². The molecule has 0 radical (unpaired) electrons. The summed E-state index contributed by atoms with van der Waals surface area (Å²) in [4.78, 5) is 1.07. The molecule has 1 aliphatic rings. The summed E-state index contributed by atoms with van der Waals surface area (Å²) < 4.78 is 25.5. The fourth-order valence-corrected chi connectivity index (χ4v) is 4.43. The van der Waals surface area contributed by atoms with Crippen molar-refractivity contribution in [1.82, 2.24) is 0 Å². The third kappa shape index (κ3) is 4.99. The molecule has 0 heterocycles. The first-order valence-electron chi connectivity index (χ1n) is 8.20. The van der Waals surface area contributed by atoms with Crippen molar-refractivity contribution in [2.75, 3.05) is 0 Å². The lowest BCUT2D eigenvalue weighted by Gasteiger charge is -2.11. The second-order valence-corrected chi connectivity index (χ2v) is 7.86. The first-order chi connectivity index (χ1) is 10.2. The normalized spacial score (nSPS) is 21.6. The molecule has 21 heavy (non-hydrogen) atoms. The minimum atomic E-state index is -3.29. The van der Waals surface area contributed by atoms with Crippen LogP contribution < -0.4 is 0 Å². The summed E-state index contributed by atoms with van der Waals surface area (Å²) in [5.41, 5.74) is 0. The second kappa shape index (κ2) is 8.38. The van der Waals surface area contributed by atoms with E-state index in [4.69, 9.17) is 0 Å². The monoisotopic (exact) mass is 306 g/mol. The van der Waals surface area contributed by atoms with Crippen LogP contribution in [0.4, 0.5) is 0 Å². The number of sulfone groups is 1. The summed E-state index contributed by atoms with van der Waals surface area (Å²) in [6.07, 6.45) is 13.2. The molecule has 0 aliphatic heterocycles. The molecule has 0 spiro atoms. The summed E-state index contributed by atoms with van der Waals surface area (Å²) in [5, 5.41) is 0. The molecule has 0 unspecified atom stereocenters. The van der Waals surface area contributed by atoms with Gasteiger partial charge in [0.2, 0.25) is 9.84 Å². The van der Waals surface area contributed by atoms with E-state index >= 15 is 0 Å². The Morgan fingerprint density at radius 1 is 0.714 bits per heavy atom. The van der Waals surface area contributed by atoms with Crippen molar-refractivity contribution in [2.45, 2.75) is 69.1 Å². The lowest BCUT2D eigenvalue weighted by atomic mass is 10.0. The molecule has 3 heteroatoms. The van der Waals surface area contributed by atoms with Crippen LogP contribution in [0.2, 0.25) is 0 Å². The fraction of sp³-hybridized carbons (Fsp3) is 0.556. The SMILES string of the molecule is O=S(=O)(/C1=C/CCCCCCCCCC1)c1ccccc1. The third-order valence-corrected chi connectivity index (χ3v) is 6.10. The van der Waals surface area contributed by atoms with E-state index in [1.807, 2.05) is 12.1 Å². The highest BCUT2D eigenvalue weighted by atomic mass is 32.2. The molecule has 1 aliphatic carbocycles. The van der Waals surface area contributed by atoms with Gasteiger partial charge in [-0.2, -0.15) is 0 Å². The lowest BCUT2D eigenvalue weighted by molar-refractivity contribution is 0.561. The molecular weight excluding hydrogens is 280 g/mol. The second-order valence-electron chi connectivity index (χ2n) is 5.85. The molecule has 2 nitrogen and oxygen atoms in total. The minimum absolute atomic E-state index is 0.434. The highest BCUT2D eigenvalue weighted by Gasteiger charge is 2.19. The Balaban J connectivity index is 2.16. The van der Waals surface area contributed by atoms with E-state index in [1.165, 1.54) is 32.1 Å². The van der Waals surface area contributed by atoms with Gasteiger partial charge >= 0.3 is 0 Å². The molecule has 2 rings (SSSR count). The average Bonchev–Trinajstić information content (AvgIpc) is 2.48. The first-order valence-corrected chi connectivity index (χ1v) is 9.69. The van der Waals surface area contributed by atoms with Crippen LogP contribution in [0.1, 0.15) is 64.2 Å². The number of benzene rings is 1. The maximum atomic E-state index is 12.7. The largest absolute Gasteiger partial charge is 0.219 e. The molecule has 1 aromatic rings. The maximum absolute atomic E-state index is 12.7. The summed E-state index contributed by atoms with van der Waals surface area (Å²) >= 11 is 0. The standard InChI is InChI=1S/C18H26O2S/c19-21(20,18-15-11-8-12-16-18)17-13-9-6-4-2-1-3-5-7-10-14-17/h8,11-13,15-16H,1-7,9-10,14H2/b17-13+. The van der Waals surface area contributed by atoms with E-state index in [0.29, 0.717) is 16.2 Å². The van der Waals surface area contributed by atoms with E-state index in [-0.39, 0.29) is 0 Å². The Morgan fingerprint density at radius 3 is 1.95 bits per heavy atom. The lowest BCUT2D eigenvalue weighted by Crippen LogP contribution is -2.05. The zero-order valence-corrected chi connectivity index (χ0v) is 13.6. The van der Waals surface area contributed by atoms with Gasteiger partial charge in [0.15, 0.2) is 0 Å². The Morgan fingerprint density at radius 2 is 1.29 bits per heavy atom. The van der Waals surface area contributed by atoms with Crippen LogP contribution in [0.3, 0.4) is 0 Å². The molecule has 0 amide bonds. The van der Waals surface area contributed by atoms with Crippen LogP contribution in [0, 0.1) is 0 Å². The van der Waals surface area contributed by atoms with Gasteiger partial charge in [-0.3, -0.25) is 0 Å². The first kappa shape index (κ1) is 16.3. The van der Waals surface area contributed by atoms with Crippen LogP contribution in [0.5, 0.6) is 0 Å². The molecule has 0 saturated carbocycles. The van der Waals surface area contributed by atoms with Crippen LogP contribution in [-0.4, -0.2) is 8.42 Å². The predicted octanol–water partition coefficient (Wildman–Crippen LogP) is 5.26. The smallest absolute Gasteiger partial charge is 0.202 e. The molecule has 0 atom stereocenters. The highest BCUT2D eigenvalue weighted by molar-refractivity contribution is 7.95. The molecule has 0 N–H and O–H groups in total. The van der Waals surface area contributed by atoms with Crippen molar-refractivity contribution in [3.8, 4) is 0 Å². The number of hydrogen-bond donors (Lipinski definition) is 0. The van der Waals surface area contributed by atoms with Gasteiger partial charge in [0.1, 0.15) is 0 Å². The van der Waals surface area contributed by atoms with Gasteiger partial charge in [-0.25, -0.2) is 8.42 Å². The Kier molecular flexibility index (Phi) is 6.50. The zero-order chi connectivity index (χ0) is 15.0. The van der Waals surface area contributed by atoms with E-state index < -0.39 is 9.84 Å². The average molecular weight is 306 g/mol. The molecule has 0 aromatic heterocycles. The Bertz CT molecular complexity index is 544. The molecule has 0 bridgehead atoms. The fourth-order valence-electron chi connectivity index (χ4n) is 2.86. The summed E-state index contributed by atoms with van der Waals surface area (Å²) in [7, 11) is -3.29. The van der Waals surface area contributed by atoms with Crippen molar-refractivity contribution < 1.29 is 8.42 Å². The van der Waals surface area contributed by atoms with E-state index in [9.17, 15) is 8.42 Å². The Labute approximate surface area is 129 Å². The predicted molar refractivity (Wildman–Crippen MR) is 87.9 cm³/mol. The molecule has 0 fully saturated rings. The van der Waals surface area contributed by atoms with Crippen LogP contribution in [0.15, 0.2) is 46.2 Å². The minimum Gasteiger partial charge on any atom is -0.219 e. The van der Waals surface area contributed by atoms with Crippen molar-refractivity contribution in [2.24, 2.45) is 0 Å². The summed E-state index contributed by atoms with van der Waals surface area (Å²) in [5.74, 6) is 0. The van der Waals surface area contributed by atoms with E-state index in [1.54, 1.807) is 24.3 Å². The van der Waals surface area contributed by atoms with Crippen LogP contribution in [-0.2, 0) is 9.84 Å². The summed E-state index contributed by atoms with van der Waals surface area (Å²) in [6, 6.07) is 8.85. The topological polar surface area (TPSA) is 34.1 Å². The maximum Gasteiger partial charge on any atom is 0.202 e. The van der Waals surface area contributed by atoms with E-state index in [2.05, 4.69) is 0 Å². The molecular formula is C18H26O2S. The van der Waals surface area contributed by atoms with Crippen LogP contribution >= 0.6 is 0 Å². The van der Waals surface area contributed by atoms with Crippen molar-refractivity contribution in [3.63, 3.8) is 0 Å². The van der Waals surface area contributed by atoms with Crippen molar-refractivity contribution in [3.05, 3.63) is 41.3 Å². The van der Waals surface area contributed by atoms with Gasteiger partial charge in [0, 0.05) is 4.91 Å². The van der Waals surface area contributed by atoms with Gasteiger partial charge in [-0.1, -0.05) is 62.8 Å². The highest BCUT2D eigenvalue weighted by Crippen LogP contribution is 2.25. The number of hydrogen-bond acceptors (Lipinski definition) is 2. The molecule has 0 saturated heterocycles. The van der Waals surface area contributed by atoms with Gasteiger partial charge in [0.25, 0.3) is 0 Å². The van der Waals surface area contributed by atoms with Gasteiger partial charge < -0.3 is 0 Å². The zero-order valence-electron chi connectivity index (χ0n) is 12.8. The van der Waals surface area contributed by atoms with Crippen molar-refractivity contribution in [1.29, 1.82) is 0 Å². The molecule has 1 aromatic carbocycles.